The van der Waals surface area contributed by atoms with Crippen molar-refractivity contribution in [3.63, 3.8) is 0 Å². The second-order valence-electron chi connectivity index (χ2n) is 2.66. The zero-order chi connectivity index (χ0) is 8.81. The Morgan fingerprint density at radius 2 is 2.58 bits per heavy atom. The normalized spacial score (nSPS) is 11.6. The van der Waals surface area contributed by atoms with E-state index in [0.29, 0.717) is 0 Å². The molecule has 0 spiro atoms. The van der Waals surface area contributed by atoms with Crippen molar-refractivity contribution in [3.05, 3.63) is 36.7 Å². The van der Waals surface area contributed by atoms with Gasteiger partial charge in [-0.15, -0.1) is 0 Å². The SMILES string of the molecule is C=C/C=C(\CCC)c1cn[nH]c1. The third kappa shape index (κ3) is 2.09. The number of hydrogen-bond donors (Lipinski definition) is 1. The van der Waals surface area contributed by atoms with Crippen LogP contribution in [0.1, 0.15) is 25.3 Å². The zero-order valence-corrected chi connectivity index (χ0v) is 7.38. The standard InChI is InChI=1S/C10H14N2/c1-3-5-9(6-4-2)10-7-11-12-8-10/h3,5,7-8H,1,4,6H2,2H3,(H,11,12)/b9-5+. The Bertz CT molecular complexity index is 257. The molecule has 0 aliphatic heterocycles. The first kappa shape index (κ1) is 8.78. The number of hydrogen-bond acceptors (Lipinski definition) is 1. The van der Waals surface area contributed by atoms with Crippen LogP contribution in [0.5, 0.6) is 0 Å². The highest BCUT2D eigenvalue weighted by Crippen LogP contribution is 2.17. The van der Waals surface area contributed by atoms with Gasteiger partial charge >= 0.3 is 0 Å². The predicted molar refractivity (Wildman–Crippen MR) is 51.7 cm³/mol. The van der Waals surface area contributed by atoms with Gasteiger partial charge in [-0.2, -0.15) is 5.10 Å². The van der Waals surface area contributed by atoms with Gasteiger partial charge in [0.05, 0.1) is 6.20 Å². The largest absolute Gasteiger partial charge is 0.285 e. The Labute approximate surface area is 73.0 Å². The van der Waals surface area contributed by atoms with Gasteiger partial charge in [0.1, 0.15) is 0 Å². The van der Waals surface area contributed by atoms with E-state index < -0.39 is 0 Å². The maximum absolute atomic E-state index is 3.91. The first-order chi connectivity index (χ1) is 5.88. The van der Waals surface area contributed by atoms with Gasteiger partial charge in [0.2, 0.25) is 0 Å². The van der Waals surface area contributed by atoms with Gasteiger partial charge in [0.25, 0.3) is 0 Å². The van der Waals surface area contributed by atoms with Crippen LogP contribution in [0.4, 0.5) is 0 Å². The fourth-order valence-corrected chi connectivity index (χ4v) is 1.16. The molecule has 0 unspecified atom stereocenters. The van der Waals surface area contributed by atoms with Crippen LogP contribution in [0, 0.1) is 0 Å². The third-order valence-electron chi connectivity index (χ3n) is 1.71. The molecule has 0 radical (unpaired) electrons. The van der Waals surface area contributed by atoms with Crippen LogP contribution in [0.2, 0.25) is 0 Å². The summed E-state index contributed by atoms with van der Waals surface area (Å²) in [6.07, 6.45) is 9.82. The maximum Gasteiger partial charge on any atom is 0.0562 e. The van der Waals surface area contributed by atoms with Gasteiger partial charge in [-0.05, 0) is 12.0 Å². The lowest BCUT2D eigenvalue weighted by Gasteiger charge is -1.99. The lowest BCUT2D eigenvalue weighted by molar-refractivity contribution is 0.973. The Hall–Kier alpha value is -1.31. The van der Waals surface area contributed by atoms with Crippen molar-refractivity contribution in [1.82, 2.24) is 10.2 Å². The summed E-state index contributed by atoms with van der Waals surface area (Å²) in [5.41, 5.74) is 2.46. The van der Waals surface area contributed by atoms with E-state index in [-0.39, 0.29) is 0 Å². The van der Waals surface area contributed by atoms with E-state index in [0.717, 1.165) is 18.4 Å². The molecule has 1 rings (SSSR count). The molecule has 1 heterocycles. The first-order valence-corrected chi connectivity index (χ1v) is 4.19. The lowest BCUT2D eigenvalue weighted by Crippen LogP contribution is -1.79. The van der Waals surface area contributed by atoms with Crippen LogP contribution in [-0.4, -0.2) is 10.2 Å². The van der Waals surface area contributed by atoms with E-state index in [4.69, 9.17) is 0 Å². The highest BCUT2D eigenvalue weighted by Gasteiger charge is 1.99. The average Bonchev–Trinajstić information content (AvgIpc) is 2.56. The Morgan fingerprint density at radius 1 is 1.75 bits per heavy atom. The number of allylic oxidation sites excluding steroid dienone is 3. The van der Waals surface area contributed by atoms with E-state index in [2.05, 4.69) is 23.7 Å². The van der Waals surface area contributed by atoms with E-state index in [9.17, 15) is 0 Å². The second kappa shape index (κ2) is 4.54. The molecule has 0 aromatic carbocycles. The predicted octanol–water partition coefficient (Wildman–Crippen LogP) is 2.78. The van der Waals surface area contributed by atoms with E-state index in [1.54, 1.807) is 0 Å². The van der Waals surface area contributed by atoms with Crippen molar-refractivity contribution in [1.29, 1.82) is 0 Å². The van der Waals surface area contributed by atoms with Gasteiger partial charge < -0.3 is 0 Å². The molecule has 1 aromatic heterocycles. The number of H-pyrrole nitrogens is 1. The minimum Gasteiger partial charge on any atom is -0.285 e. The van der Waals surface area contributed by atoms with Crippen molar-refractivity contribution in [2.24, 2.45) is 0 Å². The fraction of sp³-hybridized carbons (Fsp3) is 0.300. The topological polar surface area (TPSA) is 28.7 Å². The highest BCUT2D eigenvalue weighted by molar-refractivity contribution is 5.65. The minimum atomic E-state index is 1.07. The quantitative estimate of drug-likeness (QED) is 0.677. The molecule has 0 saturated carbocycles. The van der Waals surface area contributed by atoms with Crippen LogP contribution >= 0.6 is 0 Å². The molecule has 2 heteroatoms. The van der Waals surface area contributed by atoms with Crippen LogP contribution in [0.3, 0.4) is 0 Å². The Morgan fingerprint density at radius 3 is 3.08 bits per heavy atom. The summed E-state index contributed by atoms with van der Waals surface area (Å²) in [7, 11) is 0. The van der Waals surface area contributed by atoms with Crippen LogP contribution in [0.25, 0.3) is 5.57 Å². The van der Waals surface area contributed by atoms with Crippen LogP contribution in [0.15, 0.2) is 31.1 Å². The Kier molecular flexibility index (Phi) is 3.33. The minimum absolute atomic E-state index is 1.07. The summed E-state index contributed by atoms with van der Waals surface area (Å²) in [6.45, 7) is 5.85. The van der Waals surface area contributed by atoms with Crippen molar-refractivity contribution in [3.8, 4) is 0 Å². The maximum atomic E-state index is 3.91. The first-order valence-electron chi connectivity index (χ1n) is 4.19. The molecule has 1 aromatic rings. The molecule has 2 nitrogen and oxygen atoms in total. The number of aromatic amines is 1. The summed E-state index contributed by atoms with van der Waals surface area (Å²) in [5.74, 6) is 0. The molecule has 0 bridgehead atoms. The van der Waals surface area contributed by atoms with Gasteiger partial charge in [0, 0.05) is 11.8 Å². The van der Waals surface area contributed by atoms with E-state index in [1.807, 2.05) is 24.5 Å². The molecular weight excluding hydrogens is 148 g/mol. The summed E-state index contributed by atoms with van der Waals surface area (Å²) in [4.78, 5) is 0. The number of aromatic nitrogens is 2. The molecule has 0 aliphatic carbocycles. The second-order valence-corrected chi connectivity index (χ2v) is 2.66. The molecule has 12 heavy (non-hydrogen) atoms. The highest BCUT2D eigenvalue weighted by atomic mass is 15.1. The lowest BCUT2D eigenvalue weighted by atomic mass is 10.1. The number of nitrogens with zero attached hydrogens (tertiary/aromatic N) is 1. The molecule has 0 fully saturated rings. The van der Waals surface area contributed by atoms with Crippen molar-refractivity contribution in [2.45, 2.75) is 19.8 Å². The summed E-state index contributed by atoms with van der Waals surface area (Å²) < 4.78 is 0. The molecule has 1 N–H and O–H groups in total. The van der Waals surface area contributed by atoms with Crippen molar-refractivity contribution < 1.29 is 0 Å². The molecule has 0 amide bonds. The Balaban J connectivity index is 2.80. The van der Waals surface area contributed by atoms with Gasteiger partial charge in [-0.1, -0.05) is 32.1 Å². The molecular formula is C10H14N2. The molecule has 0 aliphatic rings. The van der Waals surface area contributed by atoms with Gasteiger partial charge in [0.15, 0.2) is 0 Å². The average molecular weight is 162 g/mol. The molecule has 0 atom stereocenters. The van der Waals surface area contributed by atoms with Crippen molar-refractivity contribution in [2.75, 3.05) is 0 Å². The number of nitrogens with one attached hydrogen (secondary N) is 1. The summed E-state index contributed by atoms with van der Waals surface area (Å²) in [5, 5.41) is 6.71. The summed E-state index contributed by atoms with van der Waals surface area (Å²) in [6, 6.07) is 0. The fourth-order valence-electron chi connectivity index (χ4n) is 1.16. The molecule has 64 valence electrons. The van der Waals surface area contributed by atoms with Crippen LogP contribution in [-0.2, 0) is 0 Å². The van der Waals surface area contributed by atoms with Gasteiger partial charge in [-0.25, -0.2) is 0 Å². The molecule has 0 saturated heterocycles. The monoisotopic (exact) mass is 162 g/mol. The summed E-state index contributed by atoms with van der Waals surface area (Å²) >= 11 is 0. The van der Waals surface area contributed by atoms with E-state index >= 15 is 0 Å². The zero-order valence-electron chi connectivity index (χ0n) is 7.38. The van der Waals surface area contributed by atoms with Crippen LogP contribution < -0.4 is 0 Å². The smallest absolute Gasteiger partial charge is 0.0562 e. The number of rotatable bonds is 4. The van der Waals surface area contributed by atoms with E-state index in [1.165, 1.54) is 5.57 Å². The van der Waals surface area contributed by atoms with Gasteiger partial charge in [-0.3, -0.25) is 5.10 Å². The third-order valence-corrected chi connectivity index (χ3v) is 1.71. The van der Waals surface area contributed by atoms with Crippen molar-refractivity contribution >= 4 is 5.57 Å².